The fraction of sp³-hybridized carbons (Fsp3) is 0.0625. The average molecular weight is 283 g/mol. The van der Waals surface area contributed by atoms with E-state index in [0.717, 1.165) is 27.9 Å². The van der Waals surface area contributed by atoms with Crippen LogP contribution in [0.15, 0.2) is 42.5 Å². The molecule has 0 amide bonds. The molecule has 0 spiro atoms. The Kier molecular flexibility index (Phi) is 3.09. The number of hydrogen-bond donors (Lipinski definition) is 1. The van der Waals surface area contributed by atoms with Crippen LogP contribution in [0.1, 0.15) is 5.56 Å². The van der Waals surface area contributed by atoms with Gasteiger partial charge in [-0.05, 0) is 30.3 Å². The van der Waals surface area contributed by atoms with Gasteiger partial charge in [-0.3, -0.25) is 0 Å². The summed E-state index contributed by atoms with van der Waals surface area (Å²) in [6, 6.07) is 15.3. The summed E-state index contributed by atoms with van der Waals surface area (Å²) in [6.07, 6.45) is 0. The summed E-state index contributed by atoms with van der Waals surface area (Å²) in [6.45, 7) is 0. The molecular weight excluding hydrogens is 272 g/mol. The lowest BCUT2D eigenvalue weighted by Crippen LogP contribution is -1.89. The van der Waals surface area contributed by atoms with Crippen LogP contribution < -0.4 is 4.74 Å². The van der Waals surface area contributed by atoms with Crippen LogP contribution in [0.4, 0.5) is 0 Å². The van der Waals surface area contributed by atoms with Crippen LogP contribution in [-0.4, -0.2) is 12.1 Å². The highest BCUT2D eigenvalue weighted by atomic mass is 35.5. The van der Waals surface area contributed by atoms with Crippen LogP contribution in [0.25, 0.3) is 22.2 Å². The minimum absolute atomic E-state index is 0.576. The summed E-state index contributed by atoms with van der Waals surface area (Å²) in [5.41, 5.74) is 3.07. The van der Waals surface area contributed by atoms with Crippen LogP contribution in [0, 0.1) is 11.3 Å². The van der Waals surface area contributed by atoms with E-state index in [0.29, 0.717) is 10.6 Å². The van der Waals surface area contributed by atoms with Gasteiger partial charge in [0.25, 0.3) is 0 Å². The topological polar surface area (TPSA) is 48.8 Å². The lowest BCUT2D eigenvalue weighted by Gasteiger charge is -2.06. The van der Waals surface area contributed by atoms with Crippen LogP contribution in [0.2, 0.25) is 5.02 Å². The molecule has 3 nitrogen and oxygen atoms in total. The van der Waals surface area contributed by atoms with E-state index in [4.69, 9.17) is 16.3 Å². The van der Waals surface area contributed by atoms with E-state index in [1.807, 2.05) is 30.3 Å². The Balaban J connectivity index is 2.34. The molecule has 1 heterocycles. The summed E-state index contributed by atoms with van der Waals surface area (Å²) >= 11 is 6.01. The summed E-state index contributed by atoms with van der Waals surface area (Å²) in [7, 11) is 1.62. The highest BCUT2D eigenvalue weighted by molar-refractivity contribution is 6.31. The fourth-order valence-electron chi connectivity index (χ4n) is 2.33. The van der Waals surface area contributed by atoms with E-state index in [2.05, 4.69) is 11.1 Å². The smallest absolute Gasteiger partial charge is 0.128 e. The lowest BCUT2D eigenvalue weighted by atomic mass is 10.1. The summed E-state index contributed by atoms with van der Waals surface area (Å²) in [5, 5.41) is 10.9. The molecule has 98 valence electrons. The van der Waals surface area contributed by atoms with Gasteiger partial charge in [-0.2, -0.15) is 5.26 Å². The number of rotatable bonds is 2. The molecule has 4 heteroatoms. The summed E-state index contributed by atoms with van der Waals surface area (Å²) in [5.74, 6) is 0.724. The summed E-state index contributed by atoms with van der Waals surface area (Å²) in [4.78, 5) is 3.27. The third-order valence-corrected chi connectivity index (χ3v) is 3.48. The first kappa shape index (κ1) is 12.6. The molecule has 0 aliphatic heterocycles. The van der Waals surface area contributed by atoms with Crippen molar-refractivity contribution in [3.8, 4) is 23.1 Å². The monoisotopic (exact) mass is 282 g/mol. The zero-order valence-corrected chi connectivity index (χ0v) is 11.5. The number of aromatic amines is 1. The Morgan fingerprint density at radius 3 is 2.75 bits per heavy atom. The predicted molar refractivity (Wildman–Crippen MR) is 80.0 cm³/mol. The maximum Gasteiger partial charge on any atom is 0.128 e. The van der Waals surface area contributed by atoms with Crippen molar-refractivity contribution in [3.63, 3.8) is 0 Å². The molecule has 0 aliphatic carbocycles. The second-order valence-electron chi connectivity index (χ2n) is 4.38. The first-order valence-corrected chi connectivity index (χ1v) is 6.47. The highest BCUT2D eigenvalue weighted by Gasteiger charge is 2.16. The van der Waals surface area contributed by atoms with Crippen molar-refractivity contribution < 1.29 is 4.74 Å². The molecule has 3 aromatic rings. The number of methoxy groups -OCH3 is 1. The second-order valence-corrected chi connectivity index (χ2v) is 4.81. The molecule has 0 fully saturated rings. The minimum atomic E-state index is 0.576. The van der Waals surface area contributed by atoms with E-state index in [9.17, 15) is 5.26 Å². The van der Waals surface area contributed by atoms with Crippen LogP contribution in [0.3, 0.4) is 0 Å². The van der Waals surface area contributed by atoms with Gasteiger partial charge in [0, 0.05) is 21.5 Å². The van der Waals surface area contributed by atoms with Crippen molar-refractivity contribution in [2.45, 2.75) is 0 Å². The summed E-state index contributed by atoms with van der Waals surface area (Å²) < 4.78 is 5.36. The third kappa shape index (κ3) is 1.91. The number of fused-ring (bicyclic) bond motifs is 1. The lowest BCUT2D eigenvalue weighted by molar-refractivity contribution is 0.416. The quantitative estimate of drug-likeness (QED) is 0.759. The average Bonchev–Trinajstić information content (AvgIpc) is 2.84. The number of benzene rings is 2. The van der Waals surface area contributed by atoms with Gasteiger partial charge in [-0.25, -0.2) is 0 Å². The van der Waals surface area contributed by atoms with E-state index < -0.39 is 0 Å². The van der Waals surface area contributed by atoms with Gasteiger partial charge >= 0.3 is 0 Å². The van der Waals surface area contributed by atoms with Gasteiger partial charge < -0.3 is 9.72 Å². The third-order valence-electron chi connectivity index (χ3n) is 3.25. The van der Waals surface area contributed by atoms with Crippen LogP contribution >= 0.6 is 11.6 Å². The van der Waals surface area contributed by atoms with Crippen LogP contribution in [-0.2, 0) is 0 Å². The van der Waals surface area contributed by atoms with E-state index >= 15 is 0 Å². The Bertz CT molecular complexity index is 830. The first-order chi connectivity index (χ1) is 9.74. The van der Waals surface area contributed by atoms with Crippen molar-refractivity contribution >= 4 is 22.5 Å². The molecule has 0 aliphatic rings. The Morgan fingerprint density at radius 2 is 2.00 bits per heavy atom. The van der Waals surface area contributed by atoms with Gasteiger partial charge in [0.05, 0.1) is 18.4 Å². The van der Waals surface area contributed by atoms with Crippen molar-refractivity contribution in [2.75, 3.05) is 7.11 Å². The first-order valence-electron chi connectivity index (χ1n) is 6.09. The Morgan fingerprint density at radius 1 is 1.20 bits per heavy atom. The normalized spacial score (nSPS) is 10.4. The van der Waals surface area contributed by atoms with Gasteiger partial charge in [-0.1, -0.05) is 23.7 Å². The van der Waals surface area contributed by atoms with Gasteiger partial charge in [0.1, 0.15) is 11.8 Å². The minimum Gasteiger partial charge on any atom is -0.496 e. The molecule has 0 atom stereocenters. The molecule has 0 radical (unpaired) electrons. The Labute approximate surface area is 121 Å². The van der Waals surface area contributed by atoms with Crippen molar-refractivity contribution in [1.82, 2.24) is 4.98 Å². The van der Waals surface area contributed by atoms with Gasteiger partial charge in [0.15, 0.2) is 0 Å². The number of nitriles is 1. The highest BCUT2D eigenvalue weighted by Crippen LogP contribution is 2.35. The zero-order valence-electron chi connectivity index (χ0n) is 10.8. The van der Waals surface area contributed by atoms with Crippen molar-refractivity contribution in [2.24, 2.45) is 0 Å². The predicted octanol–water partition coefficient (Wildman–Crippen LogP) is 4.37. The number of nitrogens with one attached hydrogen (secondary N) is 1. The number of hydrogen-bond acceptors (Lipinski definition) is 2. The largest absolute Gasteiger partial charge is 0.496 e. The molecule has 1 aromatic heterocycles. The van der Waals surface area contributed by atoms with Crippen LogP contribution in [0.5, 0.6) is 5.75 Å². The Hall–Kier alpha value is -2.44. The number of H-pyrrole nitrogens is 1. The fourth-order valence-corrected chi connectivity index (χ4v) is 2.51. The second kappa shape index (κ2) is 4.92. The molecule has 0 saturated carbocycles. The number of nitrogens with zero attached hydrogens (tertiary/aromatic N) is 1. The molecule has 0 saturated heterocycles. The van der Waals surface area contributed by atoms with E-state index in [1.54, 1.807) is 19.2 Å². The van der Waals surface area contributed by atoms with Crippen molar-refractivity contribution in [1.29, 1.82) is 5.26 Å². The molecular formula is C16H11ClN2O. The molecule has 2 aromatic carbocycles. The van der Waals surface area contributed by atoms with Gasteiger partial charge in [-0.15, -0.1) is 0 Å². The number of ether oxygens (including phenoxy) is 1. The maximum atomic E-state index is 9.47. The molecule has 1 N–H and O–H groups in total. The van der Waals surface area contributed by atoms with Gasteiger partial charge in [0.2, 0.25) is 0 Å². The molecule has 0 unspecified atom stereocenters. The number of aromatic nitrogens is 1. The molecule has 3 rings (SSSR count). The SMILES string of the molecule is COc1ccccc1-c1[nH]c2ccc(Cl)cc2c1C#N. The van der Waals surface area contributed by atoms with E-state index in [-0.39, 0.29) is 0 Å². The van der Waals surface area contributed by atoms with Crippen molar-refractivity contribution in [3.05, 3.63) is 53.1 Å². The molecule has 20 heavy (non-hydrogen) atoms. The van der Waals surface area contributed by atoms with E-state index in [1.165, 1.54) is 0 Å². The zero-order chi connectivity index (χ0) is 14.1. The number of halogens is 1. The standard InChI is InChI=1S/C16H11ClN2O/c1-20-15-5-3-2-4-11(15)16-13(9-18)12-8-10(17)6-7-14(12)19-16/h2-8,19H,1H3. The number of para-hydroxylation sites is 1. The maximum absolute atomic E-state index is 9.47. The molecule has 0 bridgehead atoms.